The zero-order chi connectivity index (χ0) is 7.44. The maximum absolute atomic E-state index is 6.65. The first-order chi connectivity index (χ1) is 4.04. The zero-order valence-electron chi connectivity index (χ0n) is 4.70. The van der Waals surface area contributed by atoms with Crippen LogP contribution in [0.5, 0.6) is 0 Å². The third-order valence-electron chi connectivity index (χ3n) is 0.470. The summed E-state index contributed by atoms with van der Waals surface area (Å²) in [5, 5.41) is 10.4. The van der Waals surface area contributed by atoms with Crippen molar-refractivity contribution in [2.24, 2.45) is 28.1 Å². The van der Waals surface area contributed by atoms with Crippen LogP contribution in [0.15, 0.2) is 5.10 Å². The molecule has 0 aromatic carbocycles. The van der Waals surface area contributed by atoms with Crippen molar-refractivity contribution < 1.29 is 0 Å². The van der Waals surface area contributed by atoms with Crippen LogP contribution in [0.25, 0.3) is 0 Å². The summed E-state index contributed by atoms with van der Waals surface area (Å²) in [6.45, 7) is 0. The largest absolute Gasteiger partial charge is 0.369 e. The van der Waals surface area contributed by atoms with Crippen LogP contribution in [0, 0.1) is 5.41 Å². The molecule has 0 fully saturated rings. The van der Waals surface area contributed by atoms with E-state index in [2.05, 4.69) is 5.10 Å². The molecule has 9 heavy (non-hydrogen) atoms. The predicted molar refractivity (Wildman–Crippen MR) is 33.8 cm³/mol. The molecule has 0 bridgehead atoms. The lowest BCUT2D eigenvalue weighted by molar-refractivity contribution is 0.460. The van der Waals surface area contributed by atoms with Gasteiger partial charge in [0, 0.05) is 0 Å². The smallest absolute Gasteiger partial charge is 0.224 e. The molecule has 9 N–H and O–H groups in total. The Morgan fingerprint density at radius 1 is 1.33 bits per heavy atom. The van der Waals surface area contributed by atoms with E-state index in [1.807, 2.05) is 0 Å². The van der Waals surface area contributed by atoms with Crippen LogP contribution in [0.1, 0.15) is 0 Å². The summed E-state index contributed by atoms with van der Waals surface area (Å²) < 4.78 is 0. The Kier molecular flexibility index (Phi) is 2.27. The van der Waals surface area contributed by atoms with Gasteiger partial charge in [0.2, 0.25) is 11.9 Å². The Bertz CT molecular complexity index is 132. The van der Waals surface area contributed by atoms with E-state index in [0.717, 1.165) is 0 Å². The lowest BCUT2D eigenvalue weighted by atomic mass is 11.0. The van der Waals surface area contributed by atoms with Gasteiger partial charge in [0.05, 0.1) is 0 Å². The van der Waals surface area contributed by atoms with Crippen LogP contribution in [-0.2, 0) is 0 Å². The molecule has 52 valence electrons. The van der Waals surface area contributed by atoms with E-state index in [1.165, 1.54) is 0 Å². The monoisotopic (exact) mass is 131 g/mol. The summed E-state index contributed by atoms with van der Waals surface area (Å²) >= 11 is 0. The highest BCUT2D eigenvalue weighted by atomic mass is 15.7. The number of hydrogen-bond acceptors (Lipinski definition) is 3. The molecule has 0 spiro atoms. The predicted octanol–water partition coefficient (Wildman–Crippen LogP) is -2.76. The number of nitrogens with zero attached hydrogens (tertiary/aromatic N) is 2. The zero-order valence-corrected chi connectivity index (χ0v) is 4.70. The maximum atomic E-state index is 6.65. The first kappa shape index (κ1) is 7.50. The molecular formula is C2H9N7. The number of hydrazine groups is 1. The van der Waals surface area contributed by atoms with Gasteiger partial charge in [0.15, 0.2) is 0 Å². The third-order valence-corrected chi connectivity index (χ3v) is 0.470. The van der Waals surface area contributed by atoms with Crippen molar-refractivity contribution >= 4 is 11.9 Å². The number of nitrogens with one attached hydrogen (secondary N) is 1. The van der Waals surface area contributed by atoms with Crippen LogP contribution >= 0.6 is 0 Å². The van der Waals surface area contributed by atoms with Crippen LogP contribution < -0.4 is 23.0 Å². The molecule has 0 rings (SSSR count). The fourth-order valence-electron chi connectivity index (χ4n) is 0.178. The van der Waals surface area contributed by atoms with E-state index in [0.29, 0.717) is 5.12 Å². The van der Waals surface area contributed by atoms with Crippen molar-refractivity contribution in [2.45, 2.75) is 0 Å². The highest BCUT2D eigenvalue weighted by Gasteiger charge is 1.94. The van der Waals surface area contributed by atoms with E-state index in [4.69, 9.17) is 28.5 Å². The van der Waals surface area contributed by atoms with Crippen LogP contribution in [0.4, 0.5) is 0 Å². The average molecular weight is 131 g/mol. The molecule has 7 heteroatoms. The normalized spacial score (nSPS) is 8.11. The van der Waals surface area contributed by atoms with Crippen molar-refractivity contribution in [1.82, 2.24) is 5.12 Å². The molecule has 0 aliphatic heterocycles. The van der Waals surface area contributed by atoms with Crippen molar-refractivity contribution in [3.63, 3.8) is 0 Å². The molecule has 0 radical (unpaired) electrons. The van der Waals surface area contributed by atoms with Crippen molar-refractivity contribution in [3.05, 3.63) is 0 Å². The molecule has 0 unspecified atom stereocenters. The van der Waals surface area contributed by atoms with Crippen molar-refractivity contribution in [1.29, 1.82) is 5.41 Å². The van der Waals surface area contributed by atoms with Gasteiger partial charge in [0.1, 0.15) is 0 Å². The minimum Gasteiger partial charge on any atom is -0.369 e. The number of guanidine groups is 2. The van der Waals surface area contributed by atoms with Gasteiger partial charge in [-0.25, -0.2) is 5.84 Å². The van der Waals surface area contributed by atoms with E-state index in [1.54, 1.807) is 0 Å². The fraction of sp³-hybridized carbons (Fsp3) is 0. The Hall–Kier alpha value is -1.50. The lowest BCUT2D eigenvalue weighted by Gasteiger charge is -2.07. The Morgan fingerprint density at radius 3 is 1.89 bits per heavy atom. The Balaban J connectivity index is 3.91. The third kappa shape index (κ3) is 3.12. The summed E-state index contributed by atoms with van der Waals surface area (Å²) in [5.41, 5.74) is 14.6. The lowest BCUT2D eigenvalue weighted by Crippen LogP contribution is -2.41. The molecule has 0 saturated heterocycles. The minimum atomic E-state index is -0.427. The number of hydrogen-bond donors (Lipinski definition) is 5. The summed E-state index contributed by atoms with van der Waals surface area (Å²) in [6.07, 6.45) is 0. The maximum Gasteiger partial charge on any atom is 0.224 e. The molecular weight excluding hydrogens is 122 g/mol. The van der Waals surface area contributed by atoms with Gasteiger partial charge in [-0.05, 0) is 0 Å². The summed E-state index contributed by atoms with van der Waals surface area (Å²) in [7, 11) is 0. The van der Waals surface area contributed by atoms with E-state index in [-0.39, 0.29) is 5.96 Å². The van der Waals surface area contributed by atoms with Gasteiger partial charge >= 0.3 is 0 Å². The van der Waals surface area contributed by atoms with E-state index < -0.39 is 5.96 Å². The van der Waals surface area contributed by atoms with Gasteiger partial charge in [0.25, 0.3) is 0 Å². The van der Waals surface area contributed by atoms with Crippen molar-refractivity contribution in [2.75, 3.05) is 0 Å². The summed E-state index contributed by atoms with van der Waals surface area (Å²) in [6, 6.07) is 0. The molecule has 0 aromatic heterocycles. The van der Waals surface area contributed by atoms with Crippen LogP contribution in [0.3, 0.4) is 0 Å². The van der Waals surface area contributed by atoms with Gasteiger partial charge < -0.3 is 17.2 Å². The number of hydrazone groups is 1. The quantitative estimate of drug-likeness (QED) is 0.113. The van der Waals surface area contributed by atoms with E-state index in [9.17, 15) is 0 Å². The standard InChI is InChI=1S/C2H9N7/c3-1(4)8-9(7)2(5)6/h7H2,(H3,5,6)(H4,3,4,8). The van der Waals surface area contributed by atoms with Crippen molar-refractivity contribution in [3.8, 4) is 0 Å². The second-order valence-electron chi connectivity index (χ2n) is 1.25. The SMILES string of the molecule is N=C(N)N(N)N=C(N)N. The molecule has 0 heterocycles. The first-order valence-electron chi connectivity index (χ1n) is 2.02. The highest BCUT2D eigenvalue weighted by Crippen LogP contribution is 1.71. The number of nitrogens with two attached hydrogens (primary N) is 4. The van der Waals surface area contributed by atoms with E-state index >= 15 is 0 Å². The molecule has 0 saturated carbocycles. The second kappa shape index (κ2) is 2.72. The molecule has 0 aromatic rings. The summed E-state index contributed by atoms with van der Waals surface area (Å²) in [4.78, 5) is 0. The van der Waals surface area contributed by atoms with Crippen LogP contribution in [0.2, 0.25) is 0 Å². The molecule has 0 aliphatic rings. The molecule has 7 nitrogen and oxygen atoms in total. The first-order valence-corrected chi connectivity index (χ1v) is 2.02. The van der Waals surface area contributed by atoms with Gasteiger partial charge in [-0.3, -0.25) is 5.41 Å². The summed E-state index contributed by atoms with van der Waals surface area (Å²) in [5.74, 6) is 4.28. The molecule has 0 atom stereocenters. The average Bonchev–Trinajstić information content (AvgIpc) is 1.63. The topological polar surface area (TPSA) is 144 Å². The molecule has 0 aliphatic carbocycles. The van der Waals surface area contributed by atoms with Gasteiger partial charge in [-0.15, -0.1) is 5.10 Å². The second-order valence-corrected chi connectivity index (χ2v) is 1.25. The minimum absolute atomic E-state index is 0.243. The van der Waals surface area contributed by atoms with Gasteiger partial charge in [-0.2, -0.15) is 5.12 Å². The molecule has 0 amide bonds. The Labute approximate surface area is 51.7 Å². The van der Waals surface area contributed by atoms with Crippen LogP contribution in [-0.4, -0.2) is 17.0 Å². The Morgan fingerprint density at radius 2 is 1.78 bits per heavy atom. The highest BCUT2D eigenvalue weighted by molar-refractivity contribution is 5.79. The number of rotatable bonds is 1. The fourth-order valence-corrected chi connectivity index (χ4v) is 0.178. The van der Waals surface area contributed by atoms with Gasteiger partial charge in [-0.1, -0.05) is 0 Å².